The lowest BCUT2D eigenvalue weighted by atomic mass is 10.1. The Kier molecular flexibility index (Phi) is 4.37. The number of aromatic nitrogens is 3. The number of pyridine rings is 1. The number of carbonyl (C=O) groups is 1. The highest BCUT2D eigenvalue weighted by atomic mass is 19.1. The van der Waals surface area contributed by atoms with Gasteiger partial charge in [-0.15, -0.1) is 0 Å². The number of aryl methyl sites for hydroxylation is 1. The molecule has 0 radical (unpaired) electrons. The molecule has 1 aliphatic rings. The number of hydrogen-bond donors (Lipinski definition) is 3. The molecule has 0 spiro atoms. The third-order valence-corrected chi connectivity index (χ3v) is 4.51. The van der Waals surface area contributed by atoms with E-state index in [2.05, 4.69) is 25.6 Å². The van der Waals surface area contributed by atoms with Crippen LogP contribution in [0.4, 0.5) is 21.7 Å². The quantitative estimate of drug-likeness (QED) is 0.643. The number of benzene rings is 1. The predicted molar refractivity (Wildman–Crippen MR) is 99.2 cm³/mol. The van der Waals surface area contributed by atoms with Crippen LogP contribution in [0.1, 0.15) is 33.9 Å². The lowest BCUT2D eigenvalue weighted by Gasteiger charge is -2.18. The second-order valence-corrected chi connectivity index (χ2v) is 6.24. The fourth-order valence-corrected chi connectivity index (χ4v) is 3.30. The van der Waals surface area contributed by atoms with Crippen LogP contribution < -0.4 is 16.4 Å². The number of anilines is 3. The largest absolute Gasteiger partial charge is 0.377 e. The molecular weight excluding hydrogens is 347 g/mol. The number of nitrogens with one attached hydrogen (secondary N) is 2. The van der Waals surface area contributed by atoms with Crippen LogP contribution in [-0.4, -0.2) is 20.9 Å². The van der Waals surface area contributed by atoms with Crippen molar-refractivity contribution >= 4 is 23.2 Å². The number of nitrogens with two attached hydrogens (primary N) is 1. The van der Waals surface area contributed by atoms with Gasteiger partial charge in [0.1, 0.15) is 17.5 Å². The van der Waals surface area contributed by atoms with Gasteiger partial charge in [0.05, 0.1) is 23.5 Å². The molecule has 4 rings (SSSR count). The third-order valence-electron chi connectivity index (χ3n) is 4.51. The van der Waals surface area contributed by atoms with Gasteiger partial charge < -0.3 is 16.4 Å². The van der Waals surface area contributed by atoms with E-state index in [1.54, 1.807) is 30.7 Å². The van der Waals surface area contributed by atoms with E-state index < -0.39 is 5.91 Å². The Hall–Kier alpha value is -3.55. The maximum absolute atomic E-state index is 14.3. The second kappa shape index (κ2) is 6.99. The van der Waals surface area contributed by atoms with Crippen LogP contribution in [0, 0.1) is 5.82 Å². The van der Waals surface area contributed by atoms with Crippen molar-refractivity contribution < 1.29 is 9.18 Å². The molecule has 2 aromatic heterocycles. The maximum atomic E-state index is 14.3. The van der Waals surface area contributed by atoms with E-state index >= 15 is 0 Å². The Morgan fingerprint density at radius 2 is 2.07 bits per heavy atom. The number of fused-ring (bicyclic) bond motifs is 1. The zero-order valence-electron chi connectivity index (χ0n) is 14.3. The molecule has 0 bridgehead atoms. The smallest absolute Gasteiger partial charge is 0.252 e. The first-order chi connectivity index (χ1) is 13.1. The van der Waals surface area contributed by atoms with Gasteiger partial charge >= 0.3 is 0 Å². The lowest BCUT2D eigenvalue weighted by molar-refractivity contribution is 0.100. The van der Waals surface area contributed by atoms with Crippen LogP contribution in [-0.2, 0) is 6.42 Å². The Labute approximate surface area is 154 Å². The van der Waals surface area contributed by atoms with Crippen molar-refractivity contribution in [3.05, 3.63) is 71.6 Å². The highest BCUT2D eigenvalue weighted by Crippen LogP contribution is 2.36. The van der Waals surface area contributed by atoms with E-state index in [4.69, 9.17) is 5.73 Å². The Morgan fingerprint density at radius 1 is 1.19 bits per heavy atom. The molecule has 1 amide bonds. The molecule has 27 heavy (non-hydrogen) atoms. The van der Waals surface area contributed by atoms with Gasteiger partial charge in [-0.05, 0) is 24.5 Å². The van der Waals surface area contributed by atoms with Crippen molar-refractivity contribution in [2.45, 2.75) is 18.9 Å². The first kappa shape index (κ1) is 16.9. The molecule has 7 nitrogen and oxygen atoms in total. The molecule has 0 aliphatic heterocycles. The van der Waals surface area contributed by atoms with E-state index in [9.17, 15) is 9.18 Å². The van der Waals surface area contributed by atoms with Gasteiger partial charge in [-0.3, -0.25) is 9.78 Å². The van der Waals surface area contributed by atoms with Crippen LogP contribution in [0.3, 0.4) is 0 Å². The van der Waals surface area contributed by atoms with Crippen molar-refractivity contribution in [1.29, 1.82) is 0 Å². The highest BCUT2D eigenvalue weighted by Gasteiger charge is 2.26. The van der Waals surface area contributed by atoms with E-state index in [1.807, 2.05) is 6.07 Å². The van der Waals surface area contributed by atoms with Gasteiger partial charge in [0.25, 0.3) is 5.91 Å². The highest BCUT2D eigenvalue weighted by molar-refractivity contribution is 5.98. The first-order valence-electron chi connectivity index (χ1n) is 8.48. The van der Waals surface area contributed by atoms with Crippen molar-refractivity contribution in [2.24, 2.45) is 5.73 Å². The average Bonchev–Trinajstić information content (AvgIpc) is 3.07. The molecule has 1 aromatic carbocycles. The summed E-state index contributed by atoms with van der Waals surface area (Å²) in [6.07, 6.45) is 7.56. The summed E-state index contributed by atoms with van der Waals surface area (Å²) in [4.78, 5) is 24.1. The van der Waals surface area contributed by atoms with Gasteiger partial charge in [0, 0.05) is 30.2 Å². The SMILES string of the molecule is NC(=O)c1cnc(Nc2cnccn2)cc1NC1CCc2cccc(F)c21. The zero-order chi connectivity index (χ0) is 18.8. The zero-order valence-corrected chi connectivity index (χ0v) is 14.3. The first-order valence-corrected chi connectivity index (χ1v) is 8.48. The van der Waals surface area contributed by atoms with E-state index in [0.29, 0.717) is 22.9 Å². The van der Waals surface area contributed by atoms with Gasteiger partial charge in [-0.25, -0.2) is 14.4 Å². The molecule has 4 N–H and O–H groups in total. The summed E-state index contributed by atoms with van der Waals surface area (Å²) in [5, 5.41) is 6.27. The van der Waals surface area contributed by atoms with Crippen LogP contribution in [0.5, 0.6) is 0 Å². The van der Waals surface area contributed by atoms with E-state index in [1.165, 1.54) is 12.3 Å². The fraction of sp³-hybridized carbons (Fsp3) is 0.158. The minimum absolute atomic E-state index is 0.240. The van der Waals surface area contributed by atoms with Gasteiger partial charge in [0.2, 0.25) is 0 Å². The van der Waals surface area contributed by atoms with Crippen LogP contribution >= 0.6 is 0 Å². The maximum Gasteiger partial charge on any atom is 0.252 e. The Bertz CT molecular complexity index is 995. The van der Waals surface area contributed by atoms with Crippen LogP contribution in [0.25, 0.3) is 0 Å². The predicted octanol–water partition coefficient (Wildman–Crippen LogP) is 2.95. The molecule has 2 heterocycles. The summed E-state index contributed by atoms with van der Waals surface area (Å²) in [6, 6.07) is 6.49. The molecule has 1 aliphatic carbocycles. The van der Waals surface area contributed by atoms with E-state index in [0.717, 1.165) is 18.4 Å². The third kappa shape index (κ3) is 3.41. The van der Waals surface area contributed by atoms with Gasteiger partial charge in [-0.1, -0.05) is 12.1 Å². The van der Waals surface area contributed by atoms with Crippen molar-refractivity contribution in [3.63, 3.8) is 0 Å². The van der Waals surface area contributed by atoms with Gasteiger partial charge in [0.15, 0.2) is 0 Å². The normalized spacial score (nSPS) is 15.2. The summed E-state index contributed by atoms with van der Waals surface area (Å²) in [7, 11) is 0. The molecule has 1 atom stereocenters. The number of nitrogens with zero attached hydrogens (tertiary/aromatic N) is 3. The minimum atomic E-state index is -0.609. The molecule has 0 saturated carbocycles. The van der Waals surface area contributed by atoms with Crippen molar-refractivity contribution in [2.75, 3.05) is 10.6 Å². The number of carbonyl (C=O) groups excluding carboxylic acids is 1. The number of amides is 1. The van der Waals surface area contributed by atoms with Crippen LogP contribution in [0.2, 0.25) is 0 Å². The summed E-state index contributed by atoms with van der Waals surface area (Å²) in [6.45, 7) is 0. The minimum Gasteiger partial charge on any atom is -0.377 e. The van der Waals surface area contributed by atoms with Crippen LogP contribution in [0.15, 0.2) is 49.1 Å². The molecular formula is C19H17FN6O. The van der Waals surface area contributed by atoms with Crippen molar-refractivity contribution in [1.82, 2.24) is 15.0 Å². The Balaban J connectivity index is 1.65. The standard InChI is InChI=1S/C19H17FN6O/c20-13-3-1-2-11-4-5-14(18(11)13)25-15-8-16(24-9-12(15)19(21)27)26-17-10-22-6-7-23-17/h1-3,6-10,14H,4-5H2,(H2,21,27)(H2,23,24,25,26). The fourth-order valence-electron chi connectivity index (χ4n) is 3.30. The summed E-state index contributed by atoms with van der Waals surface area (Å²) in [5.41, 5.74) is 7.82. The number of hydrogen-bond acceptors (Lipinski definition) is 6. The van der Waals surface area contributed by atoms with Crippen molar-refractivity contribution in [3.8, 4) is 0 Å². The number of halogens is 1. The lowest BCUT2D eigenvalue weighted by Crippen LogP contribution is -2.17. The molecule has 0 saturated heterocycles. The summed E-state index contributed by atoms with van der Waals surface area (Å²) in [5.74, 6) is 0.118. The summed E-state index contributed by atoms with van der Waals surface area (Å²) < 4.78 is 14.3. The summed E-state index contributed by atoms with van der Waals surface area (Å²) >= 11 is 0. The van der Waals surface area contributed by atoms with Gasteiger partial charge in [-0.2, -0.15) is 0 Å². The van der Waals surface area contributed by atoms with E-state index in [-0.39, 0.29) is 17.4 Å². The molecule has 136 valence electrons. The molecule has 8 heteroatoms. The monoisotopic (exact) mass is 364 g/mol. The average molecular weight is 364 g/mol. The second-order valence-electron chi connectivity index (χ2n) is 6.24. The number of rotatable bonds is 5. The number of primary amides is 1. The Morgan fingerprint density at radius 3 is 2.85 bits per heavy atom. The molecule has 1 unspecified atom stereocenters. The topological polar surface area (TPSA) is 106 Å². The molecule has 0 fully saturated rings. The molecule has 3 aromatic rings.